The first-order valence-electron chi connectivity index (χ1n) is 5.06. The van der Waals surface area contributed by atoms with Crippen molar-refractivity contribution in [1.82, 2.24) is 0 Å². The van der Waals surface area contributed by atoms with Gasteiger partial charge in [-0.15, -0.1) is 0 Å². The molecule has 0 fully saturated rings. The maximum Gasteiger partial charge on any atom is 0.323 e. The fraction of sp³-hybridized carbons (Fsp3) is 0.778. The first kappa shape index (κ1) is 16.6. The van der Waals surface area contributed by atoms with Crippen molar-refractivity contribution in [1.29, 1.82) is 0 Å². The van der Waals surface area contributed by atoms with E-state index in [1.165, 1.54) is 0 Å². The molecule has 5 N–H and O–H groups in total. The van der Waals surface area contributed by atoms with Gasteiger partial charge in [-0.05, 0) is 6.42 Å². The van der Waals surface area contributed by atoms with Gasteiger partial charge < -0.3 is 21.3 Å². The Balaban J connectivity index is 4.16. The van der Waals surface area contributed by atoms with E-state index in [1.807, 2.05) is 0 Å². The minimum Gasteiger partial charge on any atom is -0.458 e. The van der Waals surface area contributed by atoms with Crippen LogP contribution in [0.2, 0.25) is 0 Å². The lowest BCUT2D eigenvalue weighted by Gasteiger charge is -2.21. The third-order valence-electron chi connectivity index (χ3n) is 2.07. The van der Waals surface area contributed by atoms with Gasteiger partial charge in [0.2, 0.25) is 5.91 Å². The summed E-state index contributed by atoms with van der Waals surface area (Å²) < 4.78 is 4.96. The standard InChI is InChI=1S/C9H18N2O4S2/c10-5(1-2-8(11)13)9(14)15-6(3-12)7(17)4-16/h5-7,12,16-17H,1-4,10H2,(H2,11,13)/t5-,6+,7+/m0/s1. The number of primary amides is 1. The number of carbonyl (C=O) groups is 2. The zero-order chi connectivity index (χ0) is 13.4. The van der Waals surface area contributed by atoms with Crippen LogP contribution in [-0.2, 0) is 14.3 Å². The van der Waals surface area contributed by atoms with E-state index in [2.05, 4.69) is 25.3 Å². The van der Waals surface area contributed by atoms with Crippen LogP contribution in [0.4, 0.5) is 0 Å². The molecule has 100 valence electrons. The number of esters is 1. The second-order valence-corrected chi connectivity index (χ2v) is 4.55. The van der Waals surface area contributed by atoms with E-state index in [9.17, 15) is 9.59 Å². The number of amides is 1. The molecule has 0 aliphatic heterocycles. The zero-order valence-electron chi connectivity index (χ0n) is 9.28. The van der Waals surface area contributed by atoms with Crippen molar-refractivity contribution >= 4 is 37.1 Å². The molecule has 0 radical (unpaired) electrons. The first-order chi connectivity index (χ1) is 7.92. The molecule has 0 heterocycles. The quantitative estimate of drug-likeness (QED) is 0.281. The largest absolute Gasteiger partial charge is 0.458 e. The number of hydrogen-bond acceptors (Lipinski definition) is 7. The normalized spacial score (nSPS) is 16.0. The van der Waals surface area contributed by atoms with Gasteiger partial charge in [-0.25, -0.2) is 0 Å². The SMILES string of the molecule is NC(=O)CC[C@H](N)C(=O)O[C@H](CO)[C@H](S)CS. The van der Waals surface area contributed by atoms with Crippen molar-refractivity contribution in [2.45, 2.75) is 30.2 Å². The Kier molecular flexibility index (Phi) is 8.40. The van der Waals surface area contributed by atoms with Crippen LogP contribution in [0.25, 0.3) is 0 Å². The van der Waals surface area contributed by atoms with E-state index in [-0.39, 0.29) is 24.7 Å². The molecule has 6 nitrogen and oxygen atoms in total. The molecule has 0 saturated carbocycles. The molecule has 8 heteroatoms. The van der Waals surface area contributed by atoms with Crippen LogP contribution in [0.5, 0.6) is 0 Å². The van der Waals surface area contributed by atoms with Gasteiger partial charge in [0.15, 0.2) is 0 Å². The zero-order valence-corrected chi connectivity index (χ0v) is 11.1. The highest BCUT2D eigenvalue weighted by atomic mass is 32.1. The van der Waals surface area contributed by atoms with Gasteiger partial charge >= 0.3 is 5.97 Å². The molecule has 0 aromatic heterocycles. The van der Waals surface area contributed by atoms with Gasteiger partial charge in [0.1, 0.15) is 12.1 Å². The Morgan fingerprint density at radius 3 is 2.41 bits per heavy atom. The number of nitrogens with two attached hydrogens (primary N) is 2. The lowest BCUT2D eigenvalue weighted by Crippen LogP contribution is -2.40. The topological polar surface area (TPSA) is 116 Å². The molecule has 0 spiro atoms. The third-order valence-corrected chi connectivity index (χ3v) is 3.26. The maximum absolute atomic E-state index is 11.5. The highest BCUT2D eigenvalue weighted by molar-refractivity contribution is 7.84. The van der Waals surface area contributed by atoms with Crippen molar-refractivity contribution in [2.75, 3.05) is 12.4 Å². The summed E-state index contributed by atoms with van der Waals surface area (Å²) in [6.45, 7) is -0.358. The minimum atomic E-state index is -0.933. The van der Waals surface area contributed by atoms with Crippen molar-refractivity contribution in [3.05, 3.63) is 0 Å². The minimum absolute atomic E-state index is 0.0108. The van der Waals surface area contributed by atoms with Crippen molar-refractivity contribution in [3.63, 3.8) is 0 Å². The van der Waals surface area contributed by atoms with Gasteiger partial charge in [-0.2, -0.15) is 25.3 Å². The Hall–Kier alpha value is -0.440. The second-order valence-electron chi connectivity index (χ2n) is 3.52. The Morgan fingerprint density at radius 1 is 1.41 bits per heavy atom. The van der Waals surface area contributed by atoms with E-state index in [0.717, 1.165) is 0 Å². The third kappa shape index (κ3) is 6.77. The van der Waals surface area contributed by atoms with Crippen molar-refractivity contribution < 1.29 is 19.4 Å². The first-order valence-corrected chi connectivity index (χ1v) is 6.21. The van der Waals surface area contributed by atoms with Crippen LogP contribution in [0.1, 0.15) is 12.8 Å². The molecule has 0 saturated heterocycles. The van der Waals surface area contributed by atoms with Gasteiger partial charge in [-0.1, -0.05) is 0 Å². The Morgan fingerprint density at radius 2 is 2.00 bits per heavy atom. The second kappa shape index (κ2) is 8.62. The summed E-state index contributed by atoms with van der Waals surface area (Å²) in [7, 11) is 0. The molecule has 1 amide bonds. The summed E-state index contributed by atoms with van der Waals surface area (Å²) in [4.78, 5) is 22.0. The molecule has 0 aromatic carbocycles. The molecular weight excluding hydrogens is 264 g/mol. The van der Waals surface area contributed by atoms with Gasteiger partial charge in [-0.3, -0.25) is 9.59 Å². The number of rotatable bonds is 8. The highest BCUT2D eigenvalue weighted by Crippen LogP contribution is 2.10. The van der Waals surface area contributed by atoms with E-state index in [1.54, 1.807) is 0 Å². The molecule has 0 aliphatic rings. The van der Waals surface area contributed by atoms with Crippen LogP contribution in [0.15, 0.2) is 0 Å². The Bertz CT molecular complexity index is 265. The fourth-order valence-corrected chi connectivity index (χ4v) is 1.40. The predicted molar refractivity (Wildman–Crippen MR) is 70.0 cm³/mol. The molecule has 0 aliphatic carbocycles. The van der Waals surface area contributed by atoms with E-state index in [4.69, 9.17) is 21.3 Å². The number of aliphatic hydroxyl groups is 1. The molecule has 17 heavy (non-hydrogen) atoms. The summed E-state index contributed by atoms with van der Waals surface area (Å²) in [5, 5.41) is 8.62. The van der Waals surface area contributed by atoms with Gasteiger partial charge in [0.05, 0.1) is 6.61 Å². The van der Waals surface area contributed by atoms with E-state index in [0.29, 0.717) is 5.75 Å². The van der Waals surface area contributed by atoms with Crippen LogP contribution < -0.4 is 11.5 Å². The van der Waals surface area contributed by atoms with Gasteiger partial charge in [0, 0.05) is 17.4 Å². The van der Waals surface area contributed by atoms with Crippen molar-refractivity contribution in [2.24, 2.45) is 11.5 Å². The van der Waals surface area contributed by atoms with Crippen LogP contribution in [0.3, 0.4) is 0 Å². The van der Waals surface area contributed by atoms with Crippen LogP contribution in [0, 0.1) is 0 Å². The van der Waals surface area contributed by atoms with Crippen LogP contribution >= 0.6 is 25.3 Å². The molecule has 0 unspecified atom stereocenters. The smallest absolute Gasteiger partial charge is 0.323 e. The van der Waals surface area contributed by atoms with E-state index < -0.39 is 24.0 Å². The predicted octanol–water partition coefficient (Wildman–Crippen LogP) is -1.29. The highest BCUT2D eigenvalue weighted by Gasteiger charge is 2.24. The van der Waals surface area contributed by atoms with Crippen LogP contribution in [-0.4, -0.2) is 46.7 Å². The molecule has 3 atom stereocenters. The van der Waals surface area contributed by atoms with Crippen molar-refractivity contribution in [3.8, 4) is 0 Å². The van der Waals surface area contributed by atoms with E-state index >= 15 is 0 Å². The monoisotopic (exact) mass is 282 g/mol. The summed E-state index contributed by atoms with van der Waals surface area (Å²) in [6.07, 6.45) is -0.635. The molecule has 0 aromatic rings. The summed E-state index contributed by atoms with van der Waals surface area (Å²) in [5.41, 5.74) is 10.4. The van der Waals surface area contributed by atoms with Gasteiger partial charge in [0.25, 0.3) is 0 Å². The number of aliphatic hydroxyl groups excluding tert-OH is 1. The number of thiol groups is 2. The average Bonchev–Trinajstić information content (AvgIpc) is 2.31. The maximum atomic E-state index is 11.5. The summed E-state index contributed by atoms with van der Waals surface area (Å²) >= 11 is 8.08. The Labute approximate surface area is 111 Å². The molecule has 0 rings (SSSR count). The lowest BCUT2D eigenvalue weighted by atomic mass is 10.1. The average molecular weight is 282 g/mol. The number of carbonyl (C=O) groups excluding carboxylic acids is 2. The summed E-state index contributed by atoms with van der Waals surface area (Å²) in [6, 6.07) is -0.933. The molecular formula is C9H18N2O4S2. The fourth-order valence-electron chi connectivity index (χ4n) is 1.01. The molecule has 0 bridgehead atoms. The number of ether oxygens (including phenoxy) is 1. The summed E-state index contributed by atoms with van der Waals surface area (Å²) in [5.74, 6) is -0.876. The lowest BCUT2D eigenvalue weighted by molar-refractivity contribution is -0.152. The number of hydrogen-bond donors (Lipinski definition) is 5.